The van der Waals surface area contributed by atoms with Crippen LogP contribution in [0.5, 0.6) is 0 Å². The van der Waals surface area contributed by atoms with E-state index in [1.807, 2.05) is 5.32 Å². The van der Waals surface area contributed by atoms with E-state index in [0.717, 1.165) is 18.2 Å². The molecule has 3 N–H and O–H groups in total. The minimum Gasteiger partial charge on any atom is -0.448 e. The molecule has 0 aliphatic carbocycles. The molecule has 6 nitrogen and oxygen atoms in total. The average Bonchev–Trinajstić information content (AvgIpc) is 2.34. The molecule has 0 unspecified atom stereocenters. The van der Waals surface area contributed by atoms with Crippen LogP contribution in [0.2, 0.25) is 5.02 Å². The van der Waals surface area contributed by atoms with Crippen molar-refractivity contribution in [3.63, 3.8) is 0 Å². The molecule has 8 heteroatoms. The Kier molecular flexibility index (Phi) is 5.66. The van der Waals surface area contributed by atoms with Crippen LogP contribution in [0, 0.1) is 11.7 Å². The summed E-state index contributed by atoms with van der Waals surface area (Å²) < 4.78 is 17.9. The van der Waals surface area contributed by atoms with Gasteiger partial charge in [0.1, 0.15) is 5.82 Å². The monoisotopic (exact) mass is 316 g/mol. The predicted octanol–water partition coefficient (Wildman–Crippen LogP) is 1.86. The SMILES string of the molecule is CC(C)[C@H](OC(=O)c1ccc(F)cc1Cl)C(=O)NC(N)=O. The smallest absolute Gasteiger partial charge is 0.340 e. The van der Waals surface area contributed by atoms with Crippen LogP contribution < -0.4 is 11.1 Å². The van der Waals surface area contributed by atoms with Gasteiger partial charge in [0.05, 0.1) is 10.6 Å². The van der Waals surface area contributed by atoms with Crippen LogP contribution in [0.1, 0.15) is 24.2 Å². The van der Waals surface area contributed by atoms with E-state index in [4.69, 9.17) is 22.1 Å². The highest BCUT2D eigenvalue weighted by Crippen LogP contribution is 2.20. The Bertz CT molecular complexity index is 577. The molecule has 0 spiro atoms. The van der Waals surface area contributed by atoms with Gasteiger partial charge in [-0.2, -0.15) is 0 Å². The molecule has 21 heavy (non-hydrogen) atoms. The highest BCUT2D eigenvalue weighted by atomic mass is 35.5. The number of ether oxygens (including phenoxy) is 1. The van der Waals surface area contributed by atoms with Gasteiger partial charge < -0.3 is 10.5 Å². The van der Waals surface area contributed by atoms with E-state index in [1.54, 1.807) is 13.8 Å². The molecule has 0 radical (unpaired) electrons. The molecule has 1 rings (SSSR count). The van der Waals surface area contributed by atoms with Crippen LogP contribution >= 0.6 is 11.6 Å². The van der Waals surface area contributed by atoms with Crippen molar-refractivity contribution in [1.82, 2.24) is 5.32 Å². The third-order valence-corrected chi connectivity index (χ3v) is 2.81. The van der Waals surface area contributed by atoms with Crippen LogP contribution in [0.3, 0.4) is 0 Å². The lowest BCUT2D eigenvalue weighted by Gasteiger charge is -2.20. The molecule has 0 heterocycles. The zero-order valence-corrected chi connectivity index (χ0v) is 12.1. The number of esters is 1. The van der Waals surface area contributed by atoms with Crippen molar-refractivity contribution in [1.29, 1.82) is 0 Å². The molecule has 114 valence electrons. The molecule has 0 saturated heterocycles. The van der Waals surface area contributed by atoms with Crippen molar-refractivity contribution in [2.45, 2.75) is 20.0 Å². The minimum absolute atomic E-state index is 0.0874. The van der Waals surface area contributed by atoms with Crippen molar-refractivity contribution in [3.8, 4) is 0 Å². The first-order valence-electron chi connectivity index (χ1n) is 5.98. The van der Waals surface area contributed by atoms with Crippen LogP contribution in [0.25, 0.3) is 0 Å². The van der Waals surface area contributed by atoms with E-state index >= 15 is 0 Å². The highest BCUT2D eigenvalue weighted by Gasteiger charge is 2.28. The first-order valence-corrected chi connectivity index (χ1v) is 6.36. The standard InChI is InChI=1S/C13H14ClFN2O4/c1-6(2)10(11(18)17-13(16)20)21-12(19)8-4-3-7(15)5-9(8)14/h3-6,10H,1-2H3,(H3,16,17,18,20)/t10-/m0/s1. The van der Waals surface area contributed by atoms with Gasteiger partial charge in [0, 0.05) is 0 Å². The van der Waals surface area contributed by atoms with Gasteiger partial charge in [-0.1, -0.05) is 25.4 Å². The second kappa shape index (κ2) is 7.03. The maximum Gasteiger partial charge on any atom is 0.340 e. The Morgan fingerprint density at radius 1 is 1.33 bits per heavy atom. The number of hydrogen-bond acceptors (Lipinski definition) is 4. The summed E-state index contributed by atoms with van der Waals surface area (Å²) in [4.78, 5) is 34.3. The number of amides is 3. The zero-order chi connectivity index (χ0) is 16.2. The summed E-state index contributed by atoms with van der Waals surface area (Å²) in [5.41, 5.74) is 4.75. The summed E-state index contributed by atoms with van der Waals surface area (Å²) in [7, 11) is 0. The van der Waals surface area contributed by atoms with Crippen LogP contribution in [-0.4, -0.2) is 24.0 Å². The lowest BCUT2D eigenvalue weighted by Crippen LogP contribution is -2.45. The topological polar surface area (TPSA) is 98.5 Å². The minimum atomic E-state index is -1.23. The van der Waals surface area contributed by atoms with Crippen molar-refractivity contribution in [2.24, 2.45) is 11.7 Å². The molecule has 0 aromatic heterocycles. The predicted molar refractivity (Wildman–Crippen MR) is 73.2 cm³/mol. The number of urea groups is 1. The number of hydrogen-bond donors (Lipinski definition) is 2. The second-order valence-electron chi connectivity index (χ2n) is 4.55. The summed E-state index contributed by atoms with van der Waals surface area (Å²) in [6.45, 7) is 3.23. The van der Waals surface area contributed by atoms with E-state index in [1.165, 1.54) is 0 Å². The molecule has 0 aliphatic rings. The van der Waals surface area contributed by atoms with Crippen LogP contribution in [0.15, 0.2) is 18.2 Å². The van der Waals surface area contributed by atoms with Gasteiger partial charge in [-0.3, -0.25) is 10.1 Å². The van der Waals surface area contributed by atoms with E-state index in [2.05, 4.69) is 0 Å². The summed E-state index contributed by atoms with van der Waals surface area (Å²) in [6.07, 6.45) is -1.23. The highest BCUT2D eigenvalue weighted by molar-refractivity contribution is 6.33. The fourth-order valence-electron chi connectivity index (χ4n) is 1.52. The number of benzene rings is 1. The van der Waals surface area contributed by atoms with E-state index < -0.39 is 35.7 Å². The summed E-state index contributed by atoms with van der Waals surface area (Å²) in [5.74, 6) is -2.77. The Hall–Kier alpha value is -2.15. The maximum atomic E-state index is 12.9. The second-order valence-corrected chi connectivity index (χ2v) is 4.95. The van der Waals surface area contributed by atoms with E-state index in [0.29, 0.717) is 0 Å². The summed E-state index contributed by atoms with van der Waals surface area (Å²) >= 11 is 5.74. The van der Waals surface area contributed by atoms with Gasteiger partial charge >= 0.3 is 12.0 Å². The Balaban J connectivity index is 2.91. The van der Waals surface area contributed by atoms with E-state index in [-0.39, 0.29) is 10.6 Å². The van der Waals surface area contributed by atoms with Crippen LogP contribution in [-0.2, 0) is 9.53 Å². The molecule has 0 aliphatic heterocycles. The quantitative estimate of drug-likeness (QED) is 0.828. The molecule has 1 aromatic carbocycles. The average molecular weight is 317 g/mol. The summed E-state index contributed by atoms with van der Waals surface area (Å²) in [6, 6.07) is 2.08. The molecule has 1 atom stereocenters. The molecule has 0 bridgehead atoms. The number of imide groups is 1. The Morgan fingerprint density at radius 2 is 1.95 bits per heavy atom. The summed E-state index contributed by atoms with van der Waals surface area (Å²) in [5, 5.41) is 1.69. The third-order valence-electron chi connectivity index (χ3n) is 2.50. The van der Waals surface area contributed by atoms with Gasteiger partial charge in [0.25, 0.3) is 5.91 Å². The van der Waals surface area contributed by atoms with Gasteiger partial charge in [-0.25, -0.2) is 14.0 Å². The lowest BCUT2D eigenvalue weighted by atomic mass is 10.1. The molecule has 1 aromatic rings. The Morgan fingerprint density at radius 3 is 2.43 bits per heavy atom. The van der Waals surface area contributed by atoms with Gasteiger partial charge in [-0.15, -0.1) is 0 Å². The lowest BCUT2D eigenvalue weighted by molar-refractivity contribution is -0.130. The first kappa shape index (κ1) is 16.9. The number of primary amides is 1. The fourth-order valence-corrected chi connectivity index (χ4v) is 1.76. The first-order chi connectivity index (χ1) is 9.72. The molecule has 0 saturated carbocycles. The van der Waals surface area contributed by atoms with Crippen molar-refractivity contribution in [3.05, 3.63) is 34.6 Å². The van der Waals surface area contributed by atoms with Crippen molar-refractivity contribution in [2.75, 3.05) is 0 Å². The fraction of sp³-hybridized carbons (Fsp3) is 0.308. The van der Waals surface area contributed by atoms with Crippen molar-refractivity contribution >= 4 is 29.5 Å². The zero-order valence-electron chi connectivity index (χ0n) is 11.4. The number of carbonyl (C=O) groups is 3. The number of halogens is 2. The number of rotatable bonds is 4. The van der Waals surface area contributed by atoms with Crippen molar-refractivity contribution < 1.29 is 23.5 Å². The van der Waals surface area contributed by atoms with Gasteiger partial charge in [-0.05, 0) is 24.1 Å². The Labute approximate surface area is 125 Å². The molecule has 0 fully saturated rings. The number of nitrogens with two attached hydrogens (primary N) is 1. The normalized spacial score (nSPS) is 11.9. The van der Waals surface area contributed by atoms with Gasteiger partial charge in [0.2, 0.25) is 0 Å². The third kappa shape index (κ3) is 4.71. The molecular weight excluding hydrogens is 303 g/mol. The maximum absolute atomic E-state index is 12.9. The van der Waals surface area contributed by atoms with Crippen LogP contribution in [0.4, 0.5) is 9.18 Å². The van der Waals surface area contributed by atoms with E-state index in [9.17, 15) is 18.8 Å². The largest absolute Gasteiger partial charge is 0.448 e. The number of carbonyl (C=O) groups excluding carboxylic acids is 3. The molecule has 3 amide bonds. The van der Waals surface area contributed by atoms with Gasteiger partial charge in [0.15, 0.2) is 6.10 Å². The molecular formula is C13H14ClFN2O4. The number of nitrogens with one attached hydrogen (secondary N) is 1.